The average molecular weight is 480 g/mol. The number of nitrogens with zero attached hydrogens (tertiary/aromatic N) is 3. The largest absolute Gasteiger partial charge is 0.351 e. The van der Waals surface area contributed by atoms with Gasteiger partial charge in [0.2, 0.25) is 0 Å². The van der Waals surface area contributed by atoms with E-state index in [0.29, 0.717) is 5.56 Å². The number of ketones is 1. The highest BCUT2D eigenvalue weighted by Gasteiger charge is 2.63. The molecule has 4 nitrogen and oxygen atoms in total. The number of carbonyl (C=O) groups is 1. The van der Waals surface area contributed by atoms with Gasteiger partial charge in [0.15, 0.2) is 11.2 Å². The Labute approximate surface area is 195 Å². The minimum atomic E-state index is -1.42. The van der Waals surface area contributed by atoms with Crippen LogP contribution in [0.15, 0.2) is 89.4 Å². The van der Waals surface area contributed by atoms with Gasteiger partial charge < -0.3 is 4.90 Å². The molecule has 0 unspecified atom stereocenters. The highest BCUT2D eigenvalue weighted by atomic mass is 79.9. The van der Waals surface area contributed by atoms with Crippen LogP contribution in [-0.2, 0) is 0 Å². The molecular weight excluding hydrogens is 462 g/mol. The number of para-hydroxylation sites is 1. The van der Waals surface area contributed by atoms with Crippen molar-refractivity contribution < 1.29 is 4.79 Å². The molecule has 2 aliphatic rings. The third-order valence-electron chi connectivity index (χ3n) is 6.47. The van der Waals surface area contributed by atoms with Crippen molar-refractivity contribution in [3.8, 4) is 12.1 Å². The summed E-state index contributed by atoms with van der Waals surface area (Å²) >= 11 is 3.46. The first-order valence-electron chi connectivity index (χ1n) is 10.3. The van der Waals surface area contributed by atoms with Crippen LogP contribution in [0.3, 0.4) is 0 Å². The van der Waals surface area contributed by atoms with E-state index in [1.807, 2.05) is 83.8 Å². The maximum Gasteiger partial charge on any atom is 0.185 e. The molecule has 1 saturated heterocycles. The van der Waals surface area contributed by atoms with Gasteiger partial charge in [-0.2, -0.15) is 10.5 Å². The Bertz CT molecular complexity index is 1290. The standard InChI is InChI=1S/C27H18BrN3O/c28-21-13-10-19(11-14-21)24-25(26(32)20-7-2-1-3-8-20)31-22-9-5-4-6-18(22)12-15-23(31)27(24,16-29)17-30/h1-15,23-25H/t23-,24+,25-/m1/s1. The fourth-order valence-electron chi connectivity index (χ4n) is 5.05. The van der Waals surface area contributed by atoms with Gasteiger partial charge in [0.1, 0.15) is 6.04 Å². The summed E-state index contributed by atoms with van der Waals surface area (Å²) in [4.78, 5) is 16.0. The van der Waals surface area contributed by atoms with Crippen LogP contribution in [0, 0.1) is 28.1 Å². The van der Waals surface area contributed by atoms with Crippen molar-refractivity contribution in [2.45, 2.75) is 18.0 Å². The molecule has 0 bridgehead atoms. The van der Waals surface area contributed by atoms with E-state index >= 15 is 0 Å². The van der Waals surface area contributed by atoms with Crippen molar-refractivity contribution >= 4 is 33.5 Å². The number of nitriles is 2. The fourth-order valence-corrected chi connectivity index (χ4v) is 5.32. The molecule has 2 heterocycles. The molecule has 0 radical (unpaired) electrons. The maximum absolute atomic E-state index is 14.0. The molecule has 3 aromatic rings. The van der Waals surface area contributed by atoms with Crippen molar-refractivity contribution in [2.24, 2.45) is 5.41 Å². The molecule has 0 saturated carbocycles. The molecule has 32 heavy (non-hydrogen) atoms. The van der Waals surface area contributed by atoms with Crippen LogP contribution in [0.2, 0.25) is 0 Å². The molecule has 0 amide bonds. The second-order valence-electron chi connectivity index (χ2n) is 8.07. The normalized spacial score (nSPS) is 22.3. The molecule has 0 N–H and O–H groups in total. The topological polar surface area (TPSA) is 67.9 Å². The number of hydrogen-bond acceptors (Lipinski definition) is 4. The van der Waals surface area contributed by atoms with Crippen molar-refractivity contribution in [2.75, 3.05) is 4.90 Å². The number of benzene rings is 3. The minimum Gasteiger partial charge on any atom is -0.351 e. The van der Waals surface area contributed by atoms with Gasteiger partial charge in [-0.05, 0) is 29.3 Å². The molecule has 2 aliphatic heterocycles. The van der Waals surface area contributed by atoms with Gasteiger partial charge in [0.25, 0.3) is 0 Å². The molecule has 5 rings (SSSR count). The number of anilines is 1. The van der Waals surface area contributed by atoms with Gasteiger partial charge in [-0.25, -0.2) is 0 Å². The Kier molecular flexibility index (Phi) is 4.93. The molecule has 0 aliphatic carbocycles. The lowest BCUT2D eigenvalue weighted by Gasteiger charge is -2.35. The molecule has 1 fully saturated rings. The van der Waals surface area contributed by atoms with Crippen molar-refractivity contribution in [3.05, 3.63) is 106 Å². The van der Waals surface area contributed by atoms with Crippen LogP contribution >= 0.6 is 15.9 Å². The van der Waals surface area contributed by atoms with E-state index in [4.69, 9.17) is 0 Å². The smallest absolute Gasteiger partial charge is 0.185 e. The molecule has 5 heteroatoms. The Morgan fingerprint density at radius 2 is 1.56 bits per heavy atom. The van der Waals surface area contributed by atoms with Crippen molar-refractivity contribution in [1.29, 1.82) is 10.5 Å². The maximum atomic E-state index is 14.0. The molecular formula is C27H18BrN3O. The predicted octanol–water partition coefficient (Wildman–Crippen LogP) is 5.73. The molecule has 3 aromatic carbocycles. The first kappa shape index (κ1) is 20.2. The summed E-state index contributed by atoms with van der Waals surface area (Å²) in [5, 5.41) is 20.8. The quantitative estimate of drug-likeness (QED) is 0.449. The summed E-state index contributed by atoms with van der Waals surface area (Å²) in [5.74, 6) is -0.722. The summed E-state index contributed by atoms with van der Waals surface area (Å²) < 4.78 is 0.896. The van der Waals surface area contributed by atoms with E-state index in [0.717, 1.165) is 21.3 Å². The van der Waals surface area contributed by atoms with Gasteiger partial charge in [-0.3, -0.25) is 4.79 Å². The van der Waals surface area contributed by atoms with E-state index in [-0.39, 0.29) is 5.78 Å². The Morgan fingerprint density at radius 1 is 0.906 bits per heavy atom. The van der Waals surface area contributed by atoms with Crippen LogP contribution in [0.4, 0.5) is 5.69 Å². The molecule has 0 aromatic heterocycles. The van der Waals surface area contributed by atoms with Crippen LogP contribution < -0.4 is 4.90 Å². The SMILES string of the molecule is N#CC1(C#N)[C@@H](c2ccc(Br)cc2)[C@H](C(=O)c2ccccc2)N2c3ccccc3C=C[C@@H]21. The third-order valence-corrected chi connectivity index (χ3v) is 7.00. The fraction of sp³-hybridized carbons (Fsp3) is 0.148. The van der Waals surface area contributed by atoms with Gasteiger partial charge >= 0.3 is 0 Å². The van der Waals surface area contributed by atoms with Gasteiger partial charge in [0, 0.05) is 21.6 Å². The summed E-state index contributed by atoms with van der Waals surface area (Å²) in [6.45, 7) is 0. The first-order chi connectivity index (χ1) is 15.6. The summed E-state index contributed by atoms with van der Waals surface area (Å²) in [6, 6.07) is 27.9. The number of carbonyl (C=O) groups excluding carboxylic acids is 1. The minimum absolute atomic E-state index is 0.0963. The predicted molar refractivity (Wildman–Crippen MR) is 127 cm³/mol. The third kappa shape index (κ3) is 2.90. The number of halogens is 1. The lowest BCUT2D eigenvalue weighted by molar-refractivity contribution is 0.0951. The van der Waals surface area contributed by atoms with E-state index in [1.54, 1.807) is 12.1 Å². The number of fused-ring (bicyclic) bond motifs is 3. The zero-order valence-corrected chi connectivity index (χ0v) is 18.6. The zero-order valence-electron chi connectivity index (χ0n) is 17.0. The summed E-state index contributed by atoms with van der Waals surface area (Å²) in [6.07, 6.45) is 3.85. The zero-order chi connectivity index (χ0) is 22.3. The highest BCUT2D eigenvalue weighted by molar-refractivity contribution is 9.10. The number of Topliss-reactive ketones (excluding diaryl/α,β-unsaturated/α-hetero) is 1. The average Bonchev–Trinajstić information content (AvgIpc) is 3.15. The second kappa shape index (κ2) is 7.79. The molecule has 3 atom stereocenters. The Balaban J connectivity index is 1.79. The van der Waals surface area contributed by atoms with Gasteiger partial charge in [-0.15, -0.1) is 0 Å². The van der Waals surface area contributed by atoms with E-state index in [2.05, 4.69) is 28.1 Å². The summed E-state index contributed by atoms with van der Waals surface area (Å²) in [7, 11) is 0. The Hall–Kier alpha value is -3.67. The van der Waals surface area contributed by atoms with E-state index in [1.165, 1.54) is 0 Å². The van der Waals surface area contributed by atoms with Gasteiger partial charge in [-0.1, -0.05) is 88.7 Å². The monoisotopic (exact) mass is 479 g/mol. The van der Waals surface area contributed by atoms with Crippen molar-refractivity contribution in [3.63, 3.8) is 0 Å². The van der Waals surface area contributed by atoms with Crippen LogP contribution in [-0.4, -0.2) is 17.9 Å². The number of hydrogen-bond donors (Lipinski definition) is 0. The Morgan fingerprint density at radius 3 is 2.25 bits per heavy atom. The lowest BCUT2D eigenvalue weighted by atomic mass is 9.69. The first-order valence-corrected chi connectivity index (χ1v) is 11.1. The molecule has 0 spiro atoms. The van der Waals surface area contributed by atoms with Crippen LogP contribution in [0.1, 0.15) is 27.4 Å². The second-order valence-corrected chi connectivity index (χ2v) is 8.98. The van der Waals surface area contributed by atoms with E-state index in [9.17, 15) is 15.3 Å². The van der Waals surface area contributed by atoms with Gasteiger partial charge in [0.05, 0.1) is 18.2 Å². The van der Waals surface area contributed by atoms with E-state index < -0.39 is 23.4 Å². The highest BCUT2D eigenvalue weighted by Crippen LogP contribution is 2.55. The summed E-state index contributed by atoms with van der Waals surface area (Å²) in [5.41, 5.74) is 1.77. The van der Waals surface area contributed by atoms with Crippen molar-refractivity contribution in [1.82, 2.24) is 0 Å². The lowest BCUT2D eigenvalue weighted by Crippen LogP contribution is -2.44. The van der Waals surface area contributed by atoms with Crippen LogP contribution in [0.25, 0.3) is 6.08 Å². The molecule has 154 valence electrons. The number of rotatable bonds is 3. The van der Waals surface area contributed by atoms with Crippen LogP contribution in [0.5, 0.6) is 0 Å².